The van der Waals surface area contributed by atoms with Crippen molar-refractivity contribution in [2.24, 2.45) is 0 Å². The van der Waals surface area contributed by atoms with E-state index < -0.39 is 0 Å². The molecule has 3 nitrogen and oxygen atoms in total. The second-order valence-electron chi connectivity index (χ2n) is 4.42. The fourth-order valence-electron chi connectivity index (χ4n) is 2.16. The summed E-state index contributed by atoms with van der Waals surface area (Å²) in [7, 11) is 0. The Balaban J connectivity index is 2.37. The highest BCUT2D eigenvalue weighted by Gasteiger charge is 2.12. The van der Waals surface area contributed by atoms with E-state index in [9.17, 15) is 4.79 Å². The molecule has 0 unspecified atom stereocenters. The zero-order chi connectivity index (χ0) is 15.0. The van der Waals surface area contributed by atoms with Crippen LogP contribution in [0.15, 0.2) is 47.3 Å². The molecule has 0 amide bonds. The first-order chi connectivity index (χ1) is 10.1. The molecule has 2 aromatic carbocycles. The lowest BCUT2D eigenvalue weighted by Gasteiger charge is -2.12. The molecule has 0 radical (unpaired) electrons. The normalized spacial score (nSPS) is 11.0. The van der Waals surface area contributed by atoms with Gasteiger partial charge >= 0.3 is 0 Å². The number of hydrogen-bond donors (Lipinski definition) is 0. The first kappa shape index (κ1) is 14.4. The van der Waals surface area contributed by atoms with Gasteiger partial charge in [-0.2, -0.15) is 0 Å². The van der Waals surface area contributed by atoms with Crippen LogP contribution < -0.4 is 5.56 Å². The topological polar surface area (TPSA) is 34.9 Å². The van der Waals surface area contributed by atoms with E-state index in [0.717, 1.165) is 0 Å². The second-order valence-corrected chi connectivity index (χ2v) is 5.50. The number of fused-ring (bicyclic) bond motifs is 1. The van der Waals surface area contributed by atoms with E-state index in [-0.39, 0.29) is 11.4 Å². The highest BCUT2D eigenvalue weighted by atomic mass is 35.5. The molecule has 1 aromatic heterocycles. The van der Waals surface area contributed by atoms with Gasteiger partial charge in [0.25, 0.3) is 5.56 Å². The molecule has 0 saturated heterocycles. The number of halogens is 3. The molecule has 106 valence electrons. The van der Waals surface area contributed by atoms with Gasteiger partial charge in [-0.3, -0.25) is 9.36 Å². The maximum Gasteiger partial charge on any atom is 0.266 e. The Morgan fingerprint density at radius 2 is 1.81 bits per heavy atom. The molecule has 0 aliphatic rings. The molecule has 0 saturated carbocycles. The summed E-state index contributed by atoms with van der Waals surface area (Å²) in [4.78, 5) is 17.1. The molecule has 21 heavy (non-hydrogen) atoms. The molecule has 0 atom stereocenters. The van der Waals surface area contributed by atoms with Gasteiger partial charge in [-0.05, 0) is 30.3 Å². The van der Waals surface area contributed by atoms with Crippen molar-refractivity contribution in [1.82, 2.24) is 9.55 Å². The summed E-state index contributed by atoms with van der Waals surface area (Å²) < 4.78 is 1.46. The number of nitrogens with zero attached hydrogens (tertiary/aromatic N) is 2. The Hall–Kier alpha value is -1.55. The molecule has 0 spiro atoms. The van der Waals surface area contributed by atoms with Gasteiger partial charge in [0.1, 0.15) is 5.82 Å². The summed E-state index contributed by atoms with van der Waals surface area (Å²) in [5.41, 5.74) is 1.02. The van der Waals surface area contributed by atoms with Gasteiger partial charge in [0.2, 0.25) is 0 Å². The van der Waals surface area contributed by atoms with Crippen LogP contribution in [0.3, 0.4) is 0 Å². The number of para-hydroxylation sites is 1. The first-order valence-corrected chi connectivity index (χ1v) is 7.43. The van der Waals surface area contributed by atoms with Crippen LogP contribution >= 0.6 is 34.8 Å². The van der Waals surface area contributed by atoms with Gasteiger partial charge in [-0.25, -0.2) is 4.98 Å². The molecule has 0 aliphatic heterocycles. The molecular weight excluding hydrogens is 331 g/mol. The van der Waals surface area contributed by atoms with E-state index in [1.165, 1.54) is 4.57 Å². The smallest absolute Gasteiger partial charge is 0.266 e. The highest BCUT2D eigenvalue weighted by Crippen LogP contribution is 2.25. The highest BCUT2D eigenvalue weighted by molar-refractivity contribution is 6.42. The zero-order valence-corrected chi connectivity index (χ0v) is 13.0. The van der Waals surface area contributed by atoms with Crippen LogP contribution in [0.1, 0.15) is 5.82 Å². The van der Waals surface area contributed by atoms with E-state index in [1.807, 2.05) is 6.07 Å². The standard InChI is InChI=1S/C15H9Cl3N2O/c16-8-14-19-13-4-2-1-3-10(13)15(21)20(14)9-5-6-11(17)12(18)7-9/h1-7H,8H2. The van der Waals surface area contributed by atoms with Crippen molar-refractivity contribution < 1.29 is 0 Å². The average molecular weight is 340 g/mol. The maximum atomic E-state index is 12.7. The summed E-state index contributed by atoms with van der Waals surface area (Å²) in [6, 6.07) is 12.1. The van der Waals surface area contributed by atoms with Crippen molar-refractivity contribution in [2.45, 2.75) is 5.88 Å². The first-order valence-electron chi connectivity index (χ1n) is 6.14. The predicted octanol–water partition coefficient (Wildman–Crippen LogP) is 4.43. The number of benzene rings is 2. The monoisotopic (exact) mass is 338 g/mol. The maximum absolute atomic E-state index is 12.7. The minimum Gasteiger partial charge on any atom is -0.268 e. The van der Waals surface area contributed by atoms with E-state index in [2.05, 4.69) is 4.98 Å². The minimum atomic E-state index is -0.186. The van der Waals surface area contributed by atoms with E-state index in [4.69, 9.17) is 34.8 Å². The third kappa shape index (κ3) is 2.53. The van der Waals surface area contributed by atoms with Gasteiger partial charge in [-0.15, -0.1) is 11.6 Å². The summed E-state index contributed by atoms with van der Waals surface area (Å²) >= 11 is 17.9. The fraction of sp³-hybridized carbons (Fsp3) is 0.0667. The van der Waals surface area contributed by atoms with Crippen molar-refractivity contribution in [3.63, 3.8) is 0 Å². The van der Waals surface area contributed by atoms with Crippen LogP contribution in [0, 0.1) is 0 Å². The molecule has 0 N–H and O–H groups in total. The summed E-state index contributed by atoms with van der Waals surface area (Å²) in [5, 5.41) is 1.32. The molecule has 0 fully saturated rings. The van der Waals surface area contributed by atoms with Crippen LogP contribution in [0.25, 0.3) is 16.6 Å². The lowest BCUT2D eigenvalue weighted by molar-refractivity contribution is 0.881. The van der Waals surface area contributed by atoms with Crippen LogP contribution in [0.4, 0.5) is 0 Å². The molecule has 6 heteroatoms. The second kappa shape index (κ2) is 5.68. The predicted molar refractivity (Wildman–Crippen MR) is 86.9 cm³/mol. The molecule has 0 bridgehead atoms. The van der Waals surface area contributed by atoms with E-state index >= 15 is 0 Å². The van der Waals surface area contributed by atoms with Crippen LogP contribution in [0.2, 0.25) is 10.0 Å². The van der Waals surface area contributed by atoms with Gasteiger partial charge < -0.3 is 0 Å². The van der Waals surface area contributed by atoms with Crippen molar-refractivity contribution in [3.05, 3.63) is 68.7 Å². The van der Waals surface area contributed by atoms with Crippen molar-refractivity contribution in [1.29, 1.82) is 0 Å². The number of rotatable bonds is 2. The fourth-order valence-corrected chi connectivity index (χ4v) is 2.63. The van der Waals surface area contributed by atoms with Crippen molar-refractivity contribution in [3.8, 4) is 5.69 Å². The van der Waals surface area contributed by atoms with Crippen LogP contribution in [0.5, 0.6) is 0 Å². The molecule has 3 rings (SSSR count). The molecular formula is C15H9Cl3N2O. The average Bonchev–Trinajstić information content (AvgIpc) is 2.50. The Labute approximate surface area is 135 Å². The number of aromatic nitrogens is 2. The minimum absolute atomic E-state index is 0.111. The molecule has 1 heterocycles. The molecule has 0 aliphatic carbocycles. The Morgan fingerprint density at radius 1 is 1.05 bits per heavy atom. The van der Waals surface area contributed by atoms with Gasteiger partial charge in [0, 0.05) is 0 Å². The SMILES string of the molecule is O=c1c2ccccc2nc(CCl)n1-c1ccc(Cl)c(Cl)c1. The van der Waals surface area contributed by atoms with Gasteiger partial charge in [0.05, 0.1) is 32.5 Å². The summed E-state index contributed by atoms with van der Waals surface area (Å²) in [5.74, 6) is 0.569. The van der Waals surface area contributed by atoms with Crippen LogP contribution in [-0.2, 0) is 5.88 Å². The van der Waals surface area contributed by atoms with Gasteiger partial charge in [0.15, 0.2) is 0 Å². The Morgan fingerprint density at radius 3 is 2.52 bits per heavy atom. The lowest BCUT2D eigenvalue weighted by Crippen LogP contribution is -2.23. The lowest BCUT2D eigenvalue weighted by atomic mass is 10.2. The molecule has 3 aromatic rings. The van der Waals surface area contributed by atoms with Crippen molar-refractivity contribution >= 4 is 45.7 Å². The zero-order valence-electron chi connectivity index (χ0n) is 10.7. The number of alkyl halides is 1. The van der Waals surface area contributed by atoms with E-state index in [0.29, 0.717) is 32.5 Å². The number of hydrogen-bond acceptors (Lipinski definition) is 2. The largest absolute Gasteiger partial charge is 0.268 e. The van der Waals surface area contributed by atoms with E-state index in [1.54, 1.807) is 36.4 Å². The van der Waals surface area contributed by atoms with Crippen LogP contribution in [-0.4, -0.2) is 9.55 Å². The Kier molecular flexibility index (Phi) is 3.89. The van der Waals surface area contributed by atoms with Crippen molar-refractivity contribution in [2.75, 3.05) is 0 Å². The summed E-state index contributed by atoms with van der Waals surface area (Å²) in [6.45, 7) is 0. The quantitative estimate of drug-likeness (QED) is 0.647. The summed E-state index contributed by atoms with van der Waals surface area (Å²) in [6.07, 6.45) is 0. The third-order valence-electron chi connectivity index (χ3n) is 3.13. The Bertz CT molecular complexity index is 890. The third-order valence-corrected chi connectivity index (χ3v) is 4.10. The van der Waals surface area contributed by atoms with Gasteiger partial charge in [-0.1, -0.05) is 35.3 Å².